The van der Waals surface area contributed by atoms with Crippen LogP contribution < -0.4 is 0 Å². The Hall–Kier alpha value is -1.25. The van der Waals surface area contributed by atoms with Gasteiger partial charge in [0.1, 0.15) is 0 Å². The van der Waals surface area contributed by atoms with Crippen molar-refractivity contribution in [1.82, 2.24) is 4.98 Å². The molecule has 0 amide bonds. The van der Waals surface area contributed by atoms with Crippen LogP contribution in [0.5, 0.6) is 0 Å². The molecule has 1 aromatic rings. The van der Waals surface area contributed by atoms with Gasteiger partial charge in [-0.25, -0.2) is 4.79 Å². The summed E-state index contributed by atoms with van der Waals surface area (Å²) in [5.74, 6) is -0.206. The Morgan fingerprint density at radius 2 is 1.80 bits per heavy atom. The zero-order valence-corrected chi connectivity index (χ0v) is 9.94. The first-order chi connectivity index (χ1) is 7.15. The zero-order valence-electron chi connectivity index (χ0n) is 9.94. The molecular formula is C12H19NO2. The number of hydrogen-bond donors (Lipinski definition) is 1. The second kappa shape index (κ2) is 5.01. The Morgan fingerprint density at radius 3 is 2.27 bits per heavy atom. The van der Waals surface area contributed by atoms with Gasteiger partial charge < -0.3 is 9.72 Å². The van der Waals surface area contributed by atoms with Crippen molar-refractivity contribution in [2.45, 2.75) is 40.5 Å². The molecule has 0 unspecified atom stereocenters. The first-order valence-corrected chi connectivity index (χ1v) is 5.53. The summed E-state index contributed by atoms with van der Waals surface area (Å²) >= 11 is 0. The minimum atomic E-state index is -0.206. The molecule has 0 aromatic carbocycles. The summed E-state index contributed by atoms with van der Waals surface area (Å²) in [6, 6.07) is 0. The minimum Gasteiger partial charge on any atom is -0.462 e. The molecule has 3 heteroatoms. The van der Waals surface area contributed by atoms with Gasteiger partial charge in [-0.2, -0.15) is 0 Å². The third kappa shape index (κ3) is 2.22. The molecule has 0 spiro atoms. The molecule has 1 aromatic heterocycles. The Balaban J connectivity index is 3.13. The number of carbonyl (C=O) groups is 1. The van der Waals surface area contributed by atoms with Crippen LogP contribution in [0.4, 0.5) is 0 Å². The van der Waals surface area contributed by atoms with Gasteiger partial charge in [0.05, 0.1) is 12.2 Å². The number of ether oxygens (including phenoxy) is 1. The van der Waals surface area contributed by atoms with Crippen LogP contribution in [0.25, 0.3) is 0 Å². The molecule has 0 aliphatic rings. The fourth-order valence-electron chi connectivity index (χ4n) is 1.81. The van der Waals surface area contributed by atoms with Crippen LogP contribution in [-0.4, -0.2) is 17.6 Å². The van der Waals surface area contributed by atoms with E-state index in [9.17, 15) is 4.79 Å². The van der Waals surface area contributed by atoms with Crippen LogP contribution >= 0.6 is 0 Å². The van der Waals surface area contributed by atoms with Gasteiger partial charge in [0.25, 0.3) is 0 Å². The first kappa shape index (κ1) is 11.8. The summed E-state index contributed by atoms with van der Waals surface area (Å²) in [7, 11) is 0. The Bertz CT molecular complexity index is 353. The molecule has 84 valence electrons. The lowest BCUT2D eigenvalue weighted by molar-refractivity contribution is 0.0524. The highest BCUT2D eigenvalue weighted by atomic mass is 16.5. The van der Waals surface area contributed by atoms with Gasteiger partial charge in [-0.15, -0.1) is 0 Å². The van der Waals surface area contributed by atoms with Crippen LogP contribution in [0, 0.1) is 6.92 Å². The summed E-state index contributed by atoms with van der Waals surface area (Å²) in [5, 5.41) is 0. The highest BCUT2D eigenvalue weighted by Crippen LogP contribution is 2.20. The molecule has 15 heavy (non-hydrogen) atoms. The number of nitrogens with one attached hydrogen (secondary N) is 1. The molecule has 1 rings (SSSR count). The van der Waals surface area contributed by atoms with E-state index < -0.39 is 0 Å². The number of rotatable bonds is 4. The van der Waals surface area contributed by atoms with E-state index in [1.807, 2.05) is 20.8 Å². The smallest absolute Gasteiger partial charge is 0.340 e. The molecule has 1 heterocycles. The lowest BCUT2D eigenvalue weighted by atomic mass is 10.1. The van der Waals surface area contributed by atoms with Crippen molar-refractivity contribution in [1.29, 1.82) is 0 Å². The van der Waals surface area contributed by atoms with Crippen LogP contribution in [0.15, 0.2) is 0 Å². The van der Waals surface area contributed by atoms with Crippen LogP contribution in [0.2, 0.25) is 0 Å². The first-order valence-electron chi connectivity index (χ1n) is 5.53. The van der Waals surface area contributed by atoms with Gasteiger partial charge in [-0.3, -0.25) is 0 Å². The van der Waals surface area contributed by atoms with Gasteiger partial charge in [0.15, 0.2) is 0 Å². The summed E-state index contributed by atoms with van der Waals surface area (Å²) < 4.78 is 5.05. The van der Waals surface area contributed by atoms with Gasteiger partial charge >= 0.3 is 5.97 Å². The minimum absolute atomic E-state index is 0.206. The van der Waals surface area contributed by atoms with E-state index in [-0.39, 0.29) is 5.97 Å². The highest BCUT2D eigenvalue weighted by molar-refractivity contribution is 5.92. The quantitative estimate of drug-likeness (QED) is 0.774. The van der Waals surface area contributed by atoms with Gasteiger partial charge in [0.2, 0.25) is 0 Å². The molecule has 0 atom stereocenters. The van der Waals surface area contributed by atoms with Crippen molar-refractivity contribution < 1.29 is 9.53 Å². The van der Waals surface area contributed by atoms with Crippen LogP contribution in [0.3, 0.4) is 0 Å². The summed E-state index contributed by atoms with van der Waals surface area (Å²) in [5.41, 5.74) is 3.89. The number of H-pyrrole nitrogens is 1. The SMILES string of the molecule is CCOC(=O)c1c(CC)[nH]c(CC)c1C. The summed E-state index contributed by atoms with van der Waals surface area (Å²) in [6.45, 7) is 8.34. The second-order valence-corrected chi connectivity index (χ2v) is 3.51. The van der Waals surface area contributed by atoms with Crippen molar-refractivity contribution >= 4 is 5.97 Å². The zero-order chi connectivity index (χ0) is 11.4. The van der Waals surface area contributed by atoms with Crippen molar-refractivity contribution in [2.24, 2.45) is 0 Å². The Morgan fingerprint density at radius 1 is 1.20 bits per heavy atom. The maximum absolute atomic E-state index is 11.7. The molecule has 0 fully saturated rings. The Kier molecular flexibility index (Phi) is 3.95. The lowest BCUT2D eigenvalue weighted by Gasteiger charge is -2.03. The predicted molar refractivity (Wildman–Crippen MR) is 60.2 cm³/mol. The van der Waals surface area contributed by atoms with Crippen molar-refractivity contribution in [3.05, 3.63) is 22.5 Å². The van der Waals surface area contributed by atoms with E-state index in [0.717, 1.165) is 35.4 Å². The number of aryl methyl sites for hydroxylation is 2. The monoisotopic (exact) mass is 209 g/mol. The average Bonchev–Trinajstić information content (AvgIpc) is 2.55. The molecule has 0 aliphatic carbocycles. The van der Waals surface area contributed by atoms with Crippen LogP contribution in [0.1, 0.15) is 48.1 Å². The number of aromatic amines is 1. The highest BCUT2D eigenvalue weighted by Gasteiger charge is 2.19. The standard InChI is InChI=1S/C12H19NO2/c1-5-9-8(4)11(10(6-2)13-9)12(14)15-7-3/h13H,5-7H2,1-4H3. The van der Waals surface area contributed by atoms with Gasteiger partial charge in [0, 0.05) is 11.4 Å². The molecule has 0 radical (unpaired) electrons. The summed E-state index contributed by atoms with van der Waals surface area (Å²) in [4.78, 5) is 15.0. The van der Waals surface area contributed by atoms with E-state index in [2.05, 4.69) is 11.9 Å². The lowest BCUT2D eigenvalue weighted by Crippen LogP contribution is -2.07. The molecule has 0 saturated heterocycles. The van der Waals surface area contributed by atoms with E-state index >= 15 is 0 Å². The fourth-order valence-corrected chi connectivity index (χ4v) is 1.81. The normalized spacial score (nSPS) is 10.4. The number of aromatic nitrogens is 1. The molecular weight excluding hydrogens is 190 g/mol. The maximum Gasteiger partial charge on any atom is 0.340 e. The molecule has 0 bridgehead atoms. The number of hydrogen-bond acceptors (Lipinski definition) is 2. The van der Waals surface area contributed by atoms with Crippen molar-refractivity contribution in [3.8, 4) is 0 Å². The number of esters is 1. The van der Waals surface area contributed by atoms with E-state index in [4.69, 9.17) is 4.74 Å². The fraction of sp³-hybridized carbons (Fsp3) is 0.583. The topological polar surface area (TPSA) is 42.1 Å². The predicted octanol–water partition coefficient (Wildman–Crippen LogP) is 2.62. The van der Waals surface area contributed by atoms with E-state index in [1.165, 1.54) is 0 Å². The van der Waals surface area contributed by atoms with E-state index in [0.29, 0.717) is 6.61 Å². The Labute approximate surface area is 90.8 Å². The largest absolute Gasteiger partial charge is 0.462 e. The number of carbonyl (C=O) groups excluding carboxylic acids is 1. The third-order valence-corrected chi connectivity index (χ3v) is 2.62. The summed E-state index contributed by atoms with van der Waals surface area (Å²) in [6.07, 6.45) is 1.74. The molecule has 0 aliphatic heterocycles. The van der Waals surface area contributed by atoms with Crippen molar-refractivity contribution in [3.63, 3.8) is 0 Å². The molecule has 1 N–H and O–H groups in total. The van der Waals surface area contributed by atoms with Gasteiger partial charge in [-0.05, 0) is 32.3 Å². The van der Waals surface area contributed by atoms with Crippen LogP contribution in [-0.2, 0) is 17.6 Å². The van der Waals surface area contributed by atoms with E-state index in [1.54, 1.807) is 0 Å². The maximum atomic E-state index is 11.7. The third-order valence-electron chi connectivity index (χ3n) is 2.62. The van der Waals surface area contributed by atoms with Gasteiger partial charge in [-0.1, -0.05) is 13.8 Å². The van der Waals surface area contributed by atoms with Crippen molar-refractivity contribution in [2.75, 3.05) is 6.61 Å². The molecule has 0 saturated carbocycles. The molecule has 3 nitrogen and oxygen atoms in total. The second-order valence-electron chi connectivity index (χ2n) is 3.51. The average molecular weight is 209 g/mol.